The number of aryl methyl sites for hydroxylation is 1. The molecule has 1 amide bonds. The fourth-order valence-corrected chi connectivity index (χ4v) is 3.15. The summed E-state index contributed by atoms with van der Waals surface area (Å²) in [6.45, 7) is 0.299. The van der Waals surface area contributed by atoms with E-state index in [9.17, 15) is 9.18 Å². The SMILES string of the molecule is O=C(CCc1ccc(F)cc1)N(Cc1nnc(-c2ccc(Cl)cc2)o1)C1CC1. The quantitative estimate of drug-likeness (QED) is 0.580. The van der Waals surface area contributed by atoms with Crippen molar-refractivity contribution < 1.29 is 13.6 Å². The molecule has 144 valence electrons. The minimum Gasteiger partial charge on any atom is -0.419 e. The number of aromatic nitrogens is 2. The first kappa shape index (κ1) is 18.6. The summed E-state index contributed by atoms with van der Waals surface area (Å²) in [7, 11) is 0. The van der Waals surface area contributed by atoms with Crippen LogP contribution in [0.2, 0.25) is 5.02 Å². The Morgan fingerprint density at radius 1 is 1.11 bits per heavy atom. The van der Waals surface area contributed by atoms with Gasteiger partial charge in [-0.2, -0.15) is 0 Å². The smallest absolute Gasteiger partial charge is 0.247 e. The molecule has 5 nitrogen and oxygen atoms in total. The van der Waals surface area contributed by atoms with Gasteiger partial charge in [-0.1, -0.05) is 23.7 Å². The molecule has 0 aliphatic heterocycles. The molecule has 0 bridgehead atoms. The molecule has 3 aromatic rings. The maximum atomic E-state index is 13.0. The fourth-order valence-electron chi connectivity index (χ4n) is 3.03. The number of halogens is 2. The molecule has 0 unspecified atom stereocenters. The van der Waals surface area contributed by atoms with Crippen LogP contribution in [0.25, 0.3) is 11.5 Å². The Labute approximate surface area is 167 Å². The minimum atomic E-state index is -0.275. The summed E-state index contributed by atoms with van der Waals surface area (Å²) in [5.41, 5.74) is 1.72. The first-order chi connectivity index (χ1) is 13.6. The van der Waals surface area contributed by atoms with E-state index in [4.69, 9.17) is 16.0 Å². The molecular formula is C21H19ClFN3O2. The Morgan fingerprint density at radius 3 is 2.50 bits per heavy atom. The number of carbonyl (C=O) groups is 1. The van der Waals surface area contributed by atoms with Gasteiger partial charge in [0.25, 0.3) is 0 Å². The third-order valence-electron chi connectivity index (χ3n) is 4.71. The van der Waals surface area contributed by atoms with E-state index in [0.29, 0.717) is 36.2 Å². The minimum absolute atomic E-state index is 0.0399. The summed E-state index contributed by atoms with van der Waals surface area (Å²) < 4.78 is 18.8. The van der Waals surface area contributed by atoms with Crippen LogP contribution in [0, 0.1) is 5.82 Å². The van der Waals surface area contributed by atoms with Crippen LogP contribution in [0.4, 0.5) is 4.39 Å². The molecule has 1 saturated carbocycles. The van der Waals surface area contributed by atoms with Crippen molar-refractivity contribution in [3.05, 3.63) is 70.8 Å². The van der Waals surface area contributed by atoms with Crippen molar-refractivity contribution in [2.45, 2.75) is 38.3 Å². The lowest BCUT2D eigenvalue weighted by atomic mass is 10.1. The zero-order valence-corrected chi connectivity index (χ0v) is 15.9. The van der Waals surface area contributed by atoms with Crippen molar-refractivity contribution in [2.75, 3.05) is 0 Å². The van der Waals surface area contributed by atoms with Crippen LogP contribution in [0.1, 0.15) is 30.7 Å². The van der Waals surface area contributed by atoms with Crippen LogP contribution in [0.3, 0.4) is 0 Å². The summed E-state index contributed by atoms with van der Waals surface area (Å²) in [4.78, 5) is 14.5. The van der Waals surface area contributed by atoms with Gasteiger partial charge in [-0.15, -0.1) is 10.2 Å². The van der Waals surface area contributed by atoms with Crippen LogP contribution in [-0.4, -0.2) is 27.0 Å². The van der Waals surface area contributed by atoms with E-state index < -0.39 is 0 Å². The molecule has 0 spiro atoms. The molecule has 1 aliphatic carbocycles. The molecule has 0 saturated heterocycles. The van der Waals surface area contributed by atoms with E-state index in [1.54, 1.807) is 24.3 Å². The molecule has 0 radical (unpaired) electrons. The molecular weight excluding hydrogens is 381 g/mol. The zero-order chi connectivity index (χ0) is 19.5. The topological polar surface area (TPSA) is 59.2 Å². The zero-order valence-electron chi connectivity index (χ0n) is 15.1. The maximum Gasteiger partial charge on any atom is 0.247 e. The molecule has 1 aliphatic rings. The highest BCUT2D eigenvalue weighted by molar-refractivity contribution is 6.30. The average Bonchev–Trinajstić information content (AvgIpc) is 3.44. The monoisotopic (exact) mass is 399 g/mol. The molecule has 7 heteroatoms. The van der Waals surface area contributed by atoms with E-state index >= 15 is 0 Å². The molecule has 0 atom stereocenters. The van der Waals surface area contributed by atoms with Gasteiger partial charge in [-0.25, -0.2) is 4.39 Å². The van der Waals surface area contributed by atoms with Crippen molar-refractivity contribution >= 4 is 17.5 Å². The van der Waals surface area contributed by atoms with Gasteiger partial charge < -0.3 is 9.32 Å². The van der Waals surface area contributed by atoms with E-state index in [1.165, 1.54) is 12.1 Å². The highest BCUT2D eigenvalue weighted by Gasteiger charge is 2.33. The van der Waals surface area contributed by atoms with Crippen LogP contribution < -0.4 is 0 Å². The summed E-state index contributed by atoms with van der Waals surface area (Å²) in [5.74, 6) is 0.578. The third kappa shape index (κ3) is 4.57. The van der Waals surface area contributed by atoms with E-state index in [0.717, 1.165) is 24.0 Å². The predicted octanol–water partition coefficient (Wildman–Crippen LogP) is 4.65. The lowest BCUT2D eigenvalue weighted by Crippen LogP contribution is -2.32. The van der Waals surface area contributed by atoms with Gasteiger partial charge in [0.2, 0.25) is 17.7 Å². The van der Waals surface area contributed by atoms with Gasteiger partial charge >= 0.3 is 0 Å². The van der Waals surface area contributed by atoms with Gasteiger partial charge in [-0.05, 0) is 61.2 Å². The maximum absolute atomic E-state index is 13.0. The number of hydrogen-bond donors (Lipinski definition) is 0. The van der Waals surface area contributed by atoms with Gasteiger partial charge in [0.15, 0.2) is 0 Å². The van der Waals surface area contributed by atoms with Crippen LogP contribution >= 0.6 is 11.6 Å². The Hall–Kier alpha value is -2.73. The van der Waals surface area contributed by atoms with Gasteiger partial charge in [-0.3, -0.25) is 4.79 Å². The van der Waals surface area contributed by atoms with Gasteiger partial charge in [0, 0.05) is 23.0 Å². The lowest BCUT2D eigenvalue weighted by molar-refractivity contribution is -0.132. The molecule has 1 fully saturated rings. The molecule has 2 aromatic carbocycles. The second kappa shape index (κ2) is 8.10. The van der Waals surface area contributed by atoms with E-state index in [2.05, 4.69) is 10.2 Å². The molecule has 4 rings (SSSR count). The lowest BCUT2D eigenvalue weighted by Gasteiger charge is -2.20. The summed E-state index contributed by atoms with van der Waals surface area (Å²) in [5, 5.41) is 8.80. The molecule has 28 heavy (non-hydrogen) atoms. The Morgan fingerprint density at radius 2 is 1.82 bits per heavy atom. The Bertz CT molecular complexity index is 953. The largest absolute Gasteiger partial charge is 0.419 e. The Kier molecular flexibility index (Phi) is 5.39. The molecule has 1 aromatic heterocycles. The average molecular weight is 400 g/mol. The standard InChI is InChI=1S/C21H19ClFN3O2/c22-16-6-4-15(5-7-16)21-25-24-19(28-21)13-26(18-10-11-18)20(27)12-3-14-1-8-17(23)9-2-14/h1-2,4-9,18H,3,10-13H2. The van der Waals surface area contributed by atoms with E-state index in [1.807, 2.05) is 17.0 Å². The number of benzene rings is 2. The van der Waals surface area contributed by atoms with Crippen molar-refractivity contribution in [3.63, 3.8) is 0 Å². The normalized spacial score (nSPS) is 13.5. The summed E-state index contributed by atoms with van der Waals surface area (Å²) >= 11 is 5.90. The molecule has 0 N–H and O–H groups in total. The first-order valence-corrected chi connectivity index (χ1v) is 9.58. The van der Waals surface area contributed by atoms with E-state index in [-0.39, 0.29) is 17.8 Å². The highest BCUT2D eigenvalue weighted by Crippen LogP contribution is 2.29. The fraction of sp³-hybridized carbons (Fsp3) is 0.286. The number of carbonyl (C=O) groups excluding carboxylic acids is 1. The molecule has 1 heterocycles. The van der Waals surface area contributed by atoms with Crippen molar-refractivity contribution in [3.8, 4) is 11.5 Å². The van der Waals surface area contributed by atoms with Crippen LogP contribution in [-0.2, 0) is 17.8 Å². The van der Waals surface area contributed by atoms with Crippen LogP contribution in [0.5, 0.6) is 0 Å². The van der Waals surface area contributed by atoms with Crippen molar-refractivity contribution in [1.29, 1.82) is 0 Å². The number of rotatable bonds is 7. The second-order valence-corrected chi connectivity index (χ2v) is 7.32. The third-order valence-corrected chi connectivity index (χ3v) is 4.96. The number of amides is 1. The summed E-state index contributed by atoms with van der Waals surface area (Å²) in [6.07, 6.45) is 2.91. The van der Waals surface area contributed by atoms with Crippen LogP contribution in [0.15, 0.2) is 52.9 Å². The number of hydrogen-bond acceptors (Lipinski definition) is 4. The predicted molar refractivity (Wildman–Crippen MR) is 103 cm³/mol. The summed E-state index contributed by atoms with van der Waals surface area (Å²) in [6, 6.07) is 13.6. The van der Waals surface area contributed by atoms with Gasteiger partial charge in [0.1, 0.15) is 5.82 Å². The number of nitrogens with zero attached hydrogens (tertiary/aromatic N) is 3. The highest BCUT2D eigenvalue weighted by atomic mass is 35.5. The van der Waals surface area contributed by atoms with Crippen molar-refractivity contribution in [2.24, 2.45) is 0 Å². The first-order valence-electron chi connectivity index (χ1n) is 9.21. The Balaban J connectivity index is 1.40. The van der Waals surface area contributed by atoms with Gasteiger partial charge in [0.05, 0.1) is 6.54 Å². The van der Waals surface area contributed by atoms with Crippen molar-refractivity contribution in [1.82, 2.24) is 15.1 Å². The second-order valence-electron chi connectivity index (χ2n) is 6.89.